The molecule has 0 bridgehead atoms. The van der Waals surface area contributed by atoms with Gasteiger partial charge < -0.3 is 10.1 Å². The Balaban J connectivity index is 1.85. The lowest BCUT2D eigenvalue weighted by molar-refractivity contribution is 0.0977. The number of hydrogen-bond donors (Lipinski definition) is 2. The summed E-state index contributed by atoms with van der Waals surface area (Å²) in [7, 11) is 0. The van der Waals surface area contributed by atoms with Crippen LogP contribution in [0.3, 0.4) is 0 Å². The Hall–Kier alpha value is -3.61. The maximum atomic E-state index is 12.7. The van der Waals surface area contributed by atoms with Gasteiger partial charge in [0.05, 0.1) is 24.5 Å². The molecule has 0 aliphatic carbocycles. The van der Waals surface area contributed by atoms with Crippen molar-refractivity contribution in [3.8, 4) is 5.75 Å². The molecular weight excluding hydrogens is 390 g/mol. The fourth-order valence-corrected chi connectivity index (χ4v) is 3.08. The largest absolute Gasteiger partial charge is 0.492 e. The van der Waals surface area contributed by atoms with Gasteiger partial charge in [-0.05, 0) is 44.5 Å². The average molecular weight is 420 g/mol. The minimum Gasteiger partial charge on any atom is -0.492 e. The van der Waals surface area contributed by atoms with Crippen LogP contribution in [-0.2, 0) is 13.1 Å². The summed E-state index contributed by atoms with van der Waals surface area (Å²) in [4.78, 5) is 17.4. The number of hydrogen-bond acceptors (Lipinski definition) is 4. The molecule has 0 radical (unpaired) electrons. The number of ether oxygens (including phenoxy) is 1. The SMILES string of the molecule is CCCn1cc(CN=C(NC(=O)c2ccccc2)Nc2ccccc2OCC)c(C)n1. The molecule has 3 rings (SSSR count). The molecular formula is C24H29N5O2. The van der Waals surface area contributed by atoms with Crippen molar-refractivity contribution < 1.29 is 9.53 Å². The Morgan fingerprint density at radius 3 is 2.58 bits per heavy atom. The molecule has 2 aromatic carbocycles. The van der Waals surface area contributed by atoms with Crippen LogP contribution in [0.15, 0.2) is 65.8 Å². The topological polar surface area (TPSA) is 80.5 Å². The minimum absolute atomic E-state index is 0.237. The van der Waals surface area contributed by atoms with Gasteiger partial charge in [0.25, 0.3) is 5.91 Å². The normalized spacial score (nSPS) is 11.3. The van der Waals surface area contributed by atoms with Gasteiger partial charge in [0.2, 0.25) is 5.96 Å². The van der Waals surface area contributed by atoms with E-state index in [2.05, 4.69) is 27.6 Å². The highest BCUT2D eigenvalue weighted by Crippen LogP contribution is 2.23. The molecule has 0 spiro atoms. The van der Waals surface area contributed by atoms with Crippen LogP contribution >= 0.6 is 0 Å². The molecule has 1 amide bonds. The molecule has 0 fully saturated rings. The van der Waals surface area contributed by atoms with Crippen molar-refractivity contribution in [2.24, 2.45) is 4.99 Å². The third-order valence-corrected chi connectivity index (χ3v) is 4.62. The van der Waals surface area contributed by atoms with Gasteiger partial charge in [0, 0.05) is 23.9 Å². The van der Waals surface area contributed by atoms with Crippen molar-refractivity contribution in [1.29, 1.82) is 0 Å². The van der Waals surface area contributed by atoms with Gasteiger partial charge in [-0.15, -0.1) is 0 Å². The van der Waals surface area contributed by atoms with Crippen LogP contribution in [0, 0.1) is 6.92 Å². The number of anilines is 1. The van der Waals surface area contributed by atoms with Gasteiger partial charge in [-0.2, -0.15) is 5.10 Å². The first-order valence-corrected chi connectivity index (χ1v) is 10.5. The fourth-order valence-electron chi connectivity index (χ4n) is 3.08. The highest BCUT2D eigenvalue weighted by atomic mass is 16.5. The summed E-state index contributed by atoms with van der Waals surface area (Å²) >= 11 is 0. The zero-order valence-electron chi connectivity index (χ0n) is 18.3. The Kier molecular flexibility index (Phi) is 7.81. The Labute approximate surface area is 183 Å². The van der Waals surface area contributed by atoms with Crippen molar-refractivity contribution >= 4 is 17.6 Å². The molecule has 0 aliphatic rings. The summed E-state index contributed by atoms with van der Waals surface area (Å²) in [6.45, 7) is 7.81. The molecule has 3 aromatic rings. The number of carbonyl (C=O) groups excluding carboxylic acids is 1. The molecule has 1 heterocycles. The predicted molar refractivity (Wildman–Crippen MR) is 124 cm³/mol. The number of carbonyl (C=O) groups is 1. The number of aliphatic imine (C=N–C) groups is 1. The lowest BCUT2D eigenvalue weighted by Crippen LogP contribution is -2.36. The highest BCUT2D eigenvalue weighted by Gasteiger charge is 2.12. The maximum Gasteiger partial charge on any atom is 0.257 e. The first-order chi connectivity index (χ1) is 15.1. The smallest absolute Gasteiger partial charge is 0.257 e. The molecule has 0 saturated carbocycles. The van der Waals surface area contributed by atoms with E-state index in [1.807, 2.05) is 67.2 Å². The molecule has 1 aromatic heterocycles. The summed E-state index contributed by atoms with van der Waals surface area (Å²) < 4.78 is 7.63. The summed E-state index contributed by atoms with van der Waals surface area (Å²) in [6.07, 6.45) is 3.02. The van der Waals surface area contributed by atoms with Crippen molar-refractivity contribution in [2.45, 2.75) is 40.3 Å². The fraction of sp³-hybridized carbons (Fsp3) is 0.292. The summed E-state index contributed by atoms with van der Waals surface area (Å²) in [6, 6.07) is 16.6. The highest BCUT2D eigenvalue weighted by molar-refractivity contribution is 6.10. The van der Waals surface area contributed by atoms with Gasteiger partial charge in [0.15, 0.2) is 0 Å². The third kappa shape index (κ3) is 6.18. The first-order valence-electron chi connectivity index (χ1n) is 10.5. The number of benzene rings is 2. The lowest BCUT2D eigenvalue weighted by atomic mass is 10.2. The number of guanidine groups is 1. The van der Waals surface area contributed by atoms with Crippen LogP contribution in [0.4, 0.5) is 5.69 Å². The van der Waals surface area contributed by atoms with E-state index in [4.69, 9.17) is 4.74 Å². The van der Waals surface area contributed by atoms with E-state index in [0.29, 0.717) is 30.4 Å². The van der Waals surface area contributed by atoms with E-state index < -0.39 is 0 Å². The standard InChI is InChI=1S/C24H29N5O2/c1-4-15-29-17-20(18(3)28-29)16-25-24(27-23(30)19-11-7-6-8-12-19)26-21-13-9-10-14-22(21)31-5-2/h6-14,17H,4-5,15-16H2,1-3H3,(H2,25,26,27,30). The molecule has 7 heteroatoms. The van der Waals surface area contributed by atoms with Crippen LogP contribution in [0.2, 0.25) is 0 Å². The molecule has 31 heavy (non-hydrogen) atoms. The van der Waals surface area contributed by atoms with Gasteiger partial charge in [-0.1, -0.05) is 37.3 Å². The number of rotatable bonds is 8. The van der Waals surface area contributed by atoms with Crippen molar-refractivity contribution in [1.82, 2.24) is 15.1 Å². The molecule has 162 valence electrons. The van der Waals surface area contributed by atoms with Crippen LogP contribution in [0.1, 0.15) is 41.9 Å². The second kappa shape index (κ2) is 11.0. The van der Waals surface area contributed by atoms with E-state index in [-0.39, 0.29) is 5.91 Å². The Morgan fingerprint density at radius 1 is 1.10 bits per heavy atom. The summed E-state index contributed by atoms with van der Waals surface area (Å²) in [5, 5.41) is 10.6. The molecule has 0 aliphatic heterocycles. The predicted octanol–water partition coefficient (Wildman–Crippen LogP) is 4.40. The Bertz CT molecular complexity index is 1030. The zero-order valence-corrected chi connectivity index (χ0v) is 18.3. The number of nitrogens with one attached hydrogen (secondary N) is 2. The van der Waals surface area contributed by atoms with Crippen LogP contribution in [-0.4, -0.2) is 28.3 Å². The van der Waals surface area contributed by atoms with E-state index >= 15 is 0 Å². The number of nitrogens with zero attached hydrogens (tertiary/aromatic N) is 3. The number of amides is 1. The van der Waals surface area contributed by atoms with Gasteiger partial charge in [-0.3, -0.25) is 14.8 Å². The molecule has 0 saturated heterocycles. The average Bonchev–Trinajstić information content (AvgIpc) is 3.13. The summed E-state index contributed by atoms with van der Waals surface area (Å²) in [5.74, 6) is 0.807. The van der Waals surface area contributed by atoms with E-state index in [0.717, 1.165) is 29.9 Å². The van der Waals surface area contributed by atoms with Gasteiger partial charge in [-0.25, -0.2) is 4.99 Å². The zero-order chi connectivity index (χ0) is 22.1. The Morgan fingerprint density at radius 2 is 1.84 bits per heavy atom. The molecule has 2 N–H and O–H groups in total. The maximum absolute atomic E-state index is 12.7. The van der Waals surface area contributed by atoms with E-state index in [9.17, 15) is 4.79 Å². The van der Waals surface area contributed by atoms with Crippen molar-refractivity contribution in [3.05, 3.63) is 77.6 Å². The monoisotopic (exact) mass is 419 g/mol. The molecule has 7 nitrogen and oxygen atoms in total. The van der Waals surface area contributed by atoms with Gasteiger partial charge in [0.1, 0.15) is 5.75 Å². The number of aromatic nitrogens is 2. The second-order valence-electron chi connectivity index (χ2n) is 7.04. The van der Waals surface area contributed by atoms with E-state index in [1.54, 1.807) is 12.1 Å². The summed E-state index contributed by atoms with van der Waals surface area (Å²) in [5.41, 5.74) is 3.23. The molecule has 0 atom stereocenters. The number of para-hydroxylation sites is 2. The third-order valence-electron chi connectivity index (χ3n) is 4.62. The van der Waals surface area contributed by atoms with Crippen molar-refractivity contribution in [3.63, 3.8) is 0 Å². The van der Waals surface area contributed by atoms with Crippen LogP contribution in [0.5, 0.6) is 5.75 Å². The number of aryl methyl sites for hydroxylation is 2. The van der Waals surface area contributed by atoms with E-state index in [1.165, 1.54) is 0 Å². The lowest BCUT2D eigenvalue weighted by Gasteiger charge is -2.15. The molecule has 0 unspecified atom stereocenters. The van der Waals surface area contributed by atoms with Crippen LogP contribution < -0.4 is 15.4 Å². The minimum atomic E-state index is -0.237. The first kappa shape index (κ1) is 22.1. The van der Waals surface area contributed by atoms with Crippen molar-refractivity contribution in [2.75, 3.05) is 11.9 Å². The van der Waals surface area contributed by atoms with Crippen LogP contribution in [0.25, 0.3) is 0 Å². The second-order valence-corrected chi connectivity index (χ2v) is 7.04. The van der Waals surface area contributed by atoms with Gasteiger partial charge >= 0.3 is 0 Å². The quantitative estimate of drug-likeness (QED) is 0.419.